The molecule has 0 atom stereocenters. The van der Waals surface area contributed by atoms with E-state index in [1.165, 1.54) is 30.7 Å². The molecule has 10 heteroatoms. The van der Waals surface area contributed by atoms with Crippen molar-refractivity contribution in [1.29, 1.82) is 0 Å². The van der Waals surface area contributed by atoms with E-state index in [1.807, 2.05) is 0 Å². The average Bonchev–Trinajstić information content (AvgIpc) is 3.58. The van der Waals surface area contributed by atoms with E-state index in [4.69, 9.17) is 18.1 Å². The van der Waals surface area contributed by atoms with Gasteiger partial charge in [0.1, 0.15) is 5.76 Å². The first-order valence-electron chi connectivity index (χ1n) is 9.16. The fourth-order valence-corrected chi connectivity index (χ4v) is 3.15. The molecular weight excluding hydrogens is 406 g/mol. The predicted octanol–water partition coefficient (Wildman–Crippen LogP) is 3.08. The molecule has 0 N–H and O–H groups in total. The SMILES string of the molecule is O=C(OCc1noc(-c2ccco2)n1)c1ccc2c(c1)C(=O)N(Cc1ccco1)C2=O. The first-order chi connectivity index (χ1) is 15.1. The van der Waals surface area contributed by atoms with Crippen molar-refractivity contribution in [2.45, 2.75) is 13.2 Å². The molecule has 0 bridgehead atoms. The first-order valence-corrected chi connectivity index (χ1v) is 9.16. The van der Waals surface area contributed by atoms with Crippen molar-refractivity contribution in [2.75, 3.05) is 0 Å². The molecule has 1 aliphatic rings. The fourth-order valence-electron chi connectivity index (χ4n) is 3.15. The summed E-state index contributed by atoms with van der Waals surface area (Å²) < 4.78 is 20.6. The second-order valence-electron chi connectivity index (χ2n) is 6.61. The topological polar surface area (TPSA) is 129 Å². The summed E-state index contributed by atoms with van der Waals surface area (Å²) in [5.74, 6) is -0.474. The van der Waals surface area contributed by atoms with Gasteiger partial charge < -0.3 is 18.1 Å². The van der Waals surface area contributed by atoms with E-state index in [1.54, 1.807) is 24.3 Å². The van der Waals surface area contributed by atoms with Crippen LogP contribution in [0, 0.1) is 0 Å². The van der Waals surface area contributed by atoms with Gasteiger partial charge in [-0.1, -0.05) is 5.16 Å². The summed E-state index contributed by atoms with van der Waals surface area (Å²) >= 11 is 0. The van der Waals surface area contributed by atoms with Gasteiger partial charge in [0.05, 0.1) is 35.8 Å². The molecule has 0 fully saturated rings. The number of esters is 1. The van der Waals surface area contributed by atoms with Crippen LogP contribution in [0.5, 0.6) is 0 Å². The molecule has 0 unspecified atom stereocenters. The van der Waals surface area contributed by atoms with Gasteiger partial charge >= 0.3 is 5.97 Å². The summed E-state index contributed by atoms with van der Waals surface area (Å²) in [6, 6.07) is 10.9. The zero-order valence-corrected chi connectivity index (χ0v) is 15.8. The number of rotatable bonds is 6. The first kappa shape index (κ1) is 18.6. The third kappa shape index (κ3) is 3.39. The van der Waals surface area contributed by atoms with E-state index in [-0.39, 0.29) is 41.6 Å². The van der Waals surface area contributed by atoms with Crippen molar-refractivity contribution in [1.82, 2.24) is 15.0 Å². The molecule has 1 aliphatic heterocycles. The molecule has 4 heterocycles. The Hall–Kier alpha value is -4.47. The largest absolute Gasteiger partial charge is 0.467 e. The molecule has 31 heavy (non-hydrogen) atoms. The number of carbonyl (C=O) groups is 3. The summed E-state index contributed by atoms with van der Waals surface area (Å²) in [4.78, 5) is 42.8. The summed E-state index contributed by atoms with van der Waals surface area (Å²) in [7, 11) is 0. The Morgan fingerprint density at radius 2 is 1.81 bits per heavy atom. The number of hydrogen-bond acceptors (Lipinski definition) is 9. The lowest BCUT2D eigenvalue weighted by Crippen LogP contribution is -2.28. The van der Waals surface area contributed by atoms with Crippen molar-refractivity contribution in [2.24, 2.45) is 0 Å². The molecular formula is C21H13N3O7. The maximum Gasteiger partial charge on any atom is 0.338 e. The van der Waals surface area contributed by atoms with Crippen LogP contribution < -0.4 is 0 Å². The number of benzene rings is 1. The number of nitrogens with zero attached hydrogens (tertiary/aromatic N) is 3. The van der Waals surface area contributed by atoms with E-state index < -0.39 is 17.8 Å². The minimum Gasteiger partial charge on any atom is -0.467 e. The highest BCUT2D eigenvalue weighted by molar-refractivity contribution is 6.21. The summed E-state index contributed by atoms with van der Waals surface area (Å²) in [5.41, 5.74) is 0.467. The van der Waals surface area contributed by atoms with Crippen LogP contribution in [-0.4, -0.2) is 32.8 Å². The number of aromatic nitrogens is 2. The number of carbonyl (C=O) groups excluding carboxylic acids is 3. The summed E-state index contributed by atoms with van der Waals surface area (Å²) in [6.07, 6.45) is 2.93. The number of furan rings is 2. The molecule has 0 saturated heterocycles. The molecule has 0 radical (unpaired) electrons. The fraction of sp³-hybridized carbons (Fsp3) is 0.0952. The van der Waals surface area contributed by atoms with Crippen molar-refractivity contribution >= 4 is 17.8 Å². The molecule has 1 aromatic carbocycles. The summed E-state index contributed by atoms with van der Waals surface area (Å²) in [5, 5.41) is 3.73. The van der Waals surface area contributed by atoms with Gasteiger partial charge in [0, 0.05) is 0 Å². The van der Waals surface area contributed by atoms with Crippen molar-refractivity contribution in [3.8, 4) is 11.7 Å². The second kappa shape index (κ2) is 7.41. The smallest absolute Gasteiger partial charge is 0.338 e. The lowest BCUT2D eigenvalue weighted by Gasteiger charge is -2.11. The van der Waals surface area contributed by atoms with Crippen molar-refractivity contribution in [3.05, 3.63) is 83.3 Å². The Labute approximate surface area is 174 Å². The predicted molar refractivity (Wildman–Crippen MR) is 100 cm³/mol. The minimum atomic E-state index is -0.697. The Balaban J connectivity index is 1.28. The van der Waals surface area contributed by atoms with Gasteiger partial charge in [0.15, 0.2) is 12.4 Å². The van der Waals surface area contributed by atoms with Crippen molar-refractivity contribution < 1.29 is 32.5 Å². The van der Waals surface area contributed by atoms with E-state index in [9.17, 15) is 14.4 Å². The quantitative estimate of drug-likeness (QED) is 0.342. The Kier molecular flexibility index (Phi) is 4.43. The molecule has 0 saturated carbocycles. The normalized spacial score (nSPS) is 13.0. The third-order valence-electron chi connectivity index (χ3n) is 4.63. The third-order valence-corrected chi connectivity index (χ3v) is 4.63. The number of amides is 2. The van der Waals surface area contributed by atoms with Gasteiger partial charge in [-0.05, 0) is 42.5 Å². The standard InChI is InChI=1S/C21H13N3O7/c25-19-14-6-5-12(9-15(14)20(26)24(19)10-13-3-1-7-28-13)21(27)30-11-17-22-18(31-23-17)16-4-2-8-29-16/h1-9H,10-11H2. The van der Waals surface area contributed by atoms with Gasteiger partial charge in [-0.2, -0.15) is 4.98 Å². The maximum atomic E-state index is 12.7. The van der Waals surface area contributed by atoms with Crippen LogP contribution >= 0.6 is 0 Å². The van der Waals surface area contributed by atoms with Crippen LogP contribution in [0.25, 0.3) is 11.7 Å². The molecule has 154 valence electrons. The Morgan fingerprint density at radius 1 is 1.00 bits per heavy atom. The number of imide groups is 1. The lowest BCUT2D eigenvalue weighted by atomic mass is 10.1. The molecule has 3 aromatic heterocycles. The van der Waals surface area contributed by atoms with Crippen LogP contribution in [-0.2, 0) is 17.9 Å². The zero-order chi connectivity index (χ0) is 21.4. The van der Waals surface area contributed by atoms with Gasteiger partial charge in [0.25, 0.3) is 17.7 Å². The molecule has 10 nitrogen and oxygen atoms in total. The Morgan fingerprint density at radius 3 is 2.58 bits per heavy atom. The van der Waals surface area contributed by atoms with Crippen LogP contribution in [0.15, 0.2) is 68.3 Å². The van der Waals surface area contributed by atoms with Crippen molar-refractivity contribution in [3.63, 3.8) is 0 Å². The van der Waals surface area contributed by atoms with Crippen LogP contribution in [0.3, 0.4) is 0 Å². The monoisotopic (exact) mass is 419 g/mol. The lowest BCUT2D eigenvalue weighted by molar-refractivity contribution is 0.0459. The molecule has 0 spiro atoms. The second-order valence-corrected chi connectivity index (χ2v) is 6.61. The minimum absolute atomic E-state index is 0.00889. The summed E-state index contributed by atoms with van der Waals surface area (Å²) in [6.45, 7) is -0.230. The van der Waals surface area contributed by atoms with Crippen LogP contribution in [0.4, 0.5) is 0 Å². The molecule has 5 rings (SSSR count). The molecule has 2 amide bonds. The molecule has 4 aromatic rings. The number of hydrogen-bond donors (Lipinski definition) is 0. The molecule has 0 aliphatic carbocycles. The highest BCUT2D eigenvalue weighted by Crippen LogP contribution is 2.26. The van der Waals surface area contributed by atoms with Gasteiger partial charge in [-0.15, -0.1) is 0 Å². The van der Waals surface area contributed by atoms with Gasteiger partial charge in [0.2, 0.25) is 5.82 Å². The van der Waals surface area contributed by atoms with Gasteiger partial charge in [-0.3, -0.25) is 14.5 Å². The van der Waals surface area contributed by atoms with E-state index in [2.05, 4.69) is 10.1 Å². The zero-order valence-electron chi connectivity index (χ0n) is 15.8. The maximum absolute atomic E-state index is 12.7. The highest BCUT2D eigenvalue weighted by atomic mass is 16.5. The highest BCUT2D eigenvalue weighted by Gasteiger charge is 2.36. The van der Waals surface area contributed by atoms with Crippen LogP contribution in [0.2, 0.25) is 0 Å². The van der Waals surface area contributed by atoms with E-state index in [0.29, 0.717) is 11.5 Å². The Bertz CT molecular complexity index is 1270. The number of ether oxygens (including phenoxy) is 1. The van der Waals surface area contributed by atoms with E-state index in [0.717, 1.165) is 4.90 Å². The number of fused-ring (bicyclic) bond motifs is 1. The van der Waals surface area contributed by atoms with E-state index >= 15 is 0 Å². The average molecular weight is 419 g/mol. The van der Waals surface area contributed by atoms with Gasteiger partial charge in [-0.25, -0.2) is 4.79 Å². The van der Waals surface area contributed by atoms with Crippen LogP contribution in [0.1, 0.15) is 42.7 Å².